The molecule has 4 rings (SSSR count). The van der Waals surface area contributed by atoms with Gasteiger partial charge in [-0.3, -0.25) is 9.79 Å². The molecule has 0 fully saturated rings. The maximum Gasteiger partial charge on any atom is 0.221 e. The van der Waals surface area contributed by atoms with E-state index < -0.39 is 0 Å². The van der Waals surface area contributed by atoms with E-state index in [-0.39, 0.29) is 11.9 Å². The van der Waals surface area contributed by atoms with E-state index in [1.165, 1.54) is 12.5 Å². The Morgan fingerprint density at radius 2 is 1.90 bits per heavy atom. The Bertz CT molecular complexity index is 1180. The molecule has 1 aliphatic heterocycles. The largest absolute Gasteiger partial charge is 0.326 e. The van der Waals surface area contributed by atoms with Gasteiger partial charge >= 0.3 is 0 Å². The maximum absolute atomic E-state index is 11.5. The Balaban J connectivity index is 1.82. The van der Waals surface area contributed by atoms with Crippen LogP contribution in [0, 0.1) is 0 Å². The lowest BCUT2D eigenvalue weighted by atomic mass is 10.1. The number of amidine groups is 1. The summed E-state index contributed by atoms with van der Waals surface area (Å²) in [7, 11) is 0. The van der Waals surface area contributed by atoms with Crippen LogP contribution in [0.5, 0.6) is 0 Å². The fraction of sp³-hybridized carbons (Fsp3) is 0.217. The van der Waals surface area contributed by atoms with Crippen molar-refractivity contribution in [3.63, 3.8) is 0 Å². The lowest BCUT2D eigenvalue weighted by Crippen LogP contribution is -2.11. The first-order valence-electron chi connectivity index (χ1n) is 9.81. The van der Waals surface area contributed by atoms with E-state index in [1.807, 2.05) is 42.5 Å². The Morgan fingerprint density at radius 1 is 1.13 bits per heavy atom. The molecule has 30 heavy (non-hydrogen) atoms. The molecule has 1 atom stereocenters. The fourth-order valence-corrected chi connectivity index (χ4v) is 3.58. The number of hydrogen-bond donors (Lipinski definition) is 2. The molecule has 1 aliphatic rings. The zero-order valence-electron chi connectivity index (χ0n) is 17.0. The van der Waals surface area contributed by atoms with Crippen LogP contribution in [0.25, 0.3) is 22.3 Å². The normalized spacial score (nSPS) is 15.7. The highest BCUT2D eigenvalue weighted by Crippen LogP contribution is 2.29. The number of aliphatic imine (C=N–C) groups is 1. The molecule has 0 saturated heterocycles. The molecule has 0 spiro atoms. The quantitative estimate of drug-likeness (QED) is 0.588. The molecule has 7 heteroatoms. The van der Waals surface area contributed by atoms with Crippen molar-refractivity contribution in [1.82, 2.24) is 9.97 Å². The molecule has 6 nitrogen and oxygen atoms in total. The molecule has 2 heterocycles. The summed E-state index contributed by atoms with van der Waals surface area (Å²) >= 11 is 6.03. The Morgan fingerprint density at radius 3 is 2.57 bits per heavy atom. The summed E-state index contributed by atoms with van der Waals surface area (Å²) in [5, 5.41) is 7.67. The number of carbonyl (C=O) groups excluding carboxylic acids is 1. The van der Waals surface area contributed by atoms with E-state index in [9.17, 15) is 4.79 Å². The van der Waals surface area contributed by atoms with Gasteiger partial charge in [-0.15, -0.1) is 0 Å². The molecule has 0 saturated carbocycles. The predicted molar refractivity (Wildman–Crippen MR) is 123 cm³/mol. The summed E-state index contributed by atoms with van der Waals surface area (Å²) in [6, 6.07) is 13.2. The maximum atomic E-state index is 11.5. The van der Waals surface area contributed by atoms with Crippen LogP contribution in [0.2, 0.25) is 5.02 Å². The average Bonchev–Trinajstić information content (AvgIpc) is 3.07. The highest BCUT2D eigenvalue weighted by Gasteiger charge is 2.18. The van der Waals surface area contributed by atoms with Gasteiger partial charge in [0.1, 0.15) is 11.7 Å². The van der Waals surface area contributed by atoms with Gasteiger partial charge in [-0.05, 0) is 67.5 Å². The summed E-state index contributed by atoms with van der Waals surface area (Å²) < 4.78 is 0. The Kier molecular flexibility index (Phi) is 5.50. The van der Waals surface area contributed by atoms with Gasteiger partial charge in [-0.25, -0.2) is 9.97 Å². The molecule has 2 aromatic carbocycles. The van der Waals surface area contributed by atoms with Crippen molar-refractivity contribution < 1.29 is 4.79 Å². The number of carbonyl (C=O) groups is 1. The lowest BCUT2D eigenvalue weighted by Gasteiger charge is -2.12. The molecule has 2 N–H and O–H groups in total. The van der Waals surface area contributed by atoms with Crippen LogP contribution in [0.4, 0.5) is 11.5 Å². The number of benzene rings is 2. The lowest BCUT2D eigenvalue weighted by molar-refractivity contribution is -0.114. The number of amides is 1. The number of fused-ring (bicyclic) bond motifs is 1. The van der Waals surface area contributed by atoms with E-state index >= 15 is 0 Å². The number of halogens is 1. The molecule has 0 aliphatic carbocycles. The molecule has 1 amide bonds. The molecule has 1 aromatic heterocycles. The van der Waals surface area contributed by atoms with Crippen LogP contribution >= 0.6 is 11.6 Å². The van der Waals surface area contributed by atoms with Crippen molar-refractivity contribution in [2.45, 2.75) is 33.2 Å². The number of nitrogens with zero attached hydrogens (tertiary/aromatic N) is 3. The van der Waals surface area contributed by atoms with Crippen molar-refractivity contribution >= 4 is 45.8 Å². The minimum atomic E-state index is -0.133. The minimum absolute atomic E-state index is 0.133. The Labute approximate surface area is 180 Å². The molecule has 152 valence electrons. The van der Waals surface area contributed by atoms with Crippen LogP contribution in [0.3, 0.4) is 0 Å². The van der Waals surface area contributed by atoms with Gasteiger partial charge in [0.2, 0.25) is 5.91 Å². The average molecular weight is 420 g/mol. The summed E-state index contributed by atoms with van der Waals surface area (Å²) in [5.41, 5.74) is 3.47. The second kappa shape index (κ2) is 8.24. The van der Waals surface area contributed by atoms with Crippen LogP contribution in [0.1, 0.15) is 27.2 Å². The molecule has 0 radical (unpaired) electrons. The van der Waals surface area contributed by atoms with Gasteiger partial charge in [-0.2, -0.15) is 0 Å². The zero-order chi connectivity index (χ0) is 21.3. The summed E-state index contributed by atoms with van der Waals surface area (Å²) in [4.78, 5) is 25.7. The van der Waals surface area contributed by atoms with Gasteiger partial charge in [0.25, 0.3) is 0 Å². The summed E-state index contributed by atoms with van der Waals surface area (Å²) in [6.45, 7) is 5.69. The number of aromatic nitrogens is 2. The van der Waals surface area contributed by atoms with Gasteiger partial charge in [0, 0.05) is 28.6 Å². The zero-order valence-corrected chi connectivity index (χ0v) is 17.8. The van der Waals surface area contributed by atoms with Gasteiger partial charge in [0.15, 0.2) is 5.82 Å². The molecular weight excluding hydrogens is 398 g/mol. The van der Waals surface area contributed by atoms with Crippen molar-refractivity contribution in [1.29, 1.82) is 0 Å². The van der Waals surface area contributed by atoms with Crippen LogP contribution in [0.15, 0.2) is 59.1 Å². The first-order valence-corrected chi connectivity index (χ1v) is 10.2. The smallest absolute Gasteiger partial charge is 0.221 e. The topological polar surface area (TPSA) is 79.3 Å². The van der Waals surface area contributed by atoms with E-state index in [2.05, 4.69) is 30.6 Å². The fourth-order valence-electron chi connectivity index (χ4n) is 3.46. The SMILES string of the molecule is CCC1N=C(Nc2nc(-c3ccc(Cl)cc3)nc3cc(NC(C)=O)ccc23)C=C1C. The third-order valence-corrected chi connectivity index (χ3v) is 5.19. The highest BCUT2D eigenvalue weighted by atomic mass is 35.5. The van der Waals surface area contributed by atoms with Gasteiger partial charge < -0.3 is 10.6 Å². The molecule has 0 bridgehead atoms. The monoisotopic (exact) mass is 419 g/mol. The first kappa shape index (κ1) is 20.0. The third kappa shape index (κ3) is 4.19. The van der Waals surface area contributed by atoms with E-state index in [1.54, 1.807) is 0 Å². The highest BCUT2D eigenvalue weighted by molar-refractivity contribution is 6.30. The summed E-state index contributed by atoms with van der Waals surface area (Å²) in [6.07, 6.45) is 3.00. The second-order valence-electron chi connectivity index (χ2n) is 7.27. The van der Waals surface area contributed by atoms with Gasteiger partial charge in [0.05, 0.1) is 11.6 Å². The van der Waals surface area contributed by atoms with Crippen LogP contribution < -0.4 is 10.6 Å². The third-order valence-electron chi connectivity index (χ3n) is 4.94. The predicted octanol–water partition coefficient (Wildman–Crippen LogP) is 5.46. The minimum Gasteiger partial charge on any atom is -0.326 e. The van der Waals surface area contributed by atoms with Crippen molar-refractivity contribution in [2.24, 2.45) is 4.99 Å². The number of rotatable bonds is 4. The molecular formula is C23H22ClN5O. The molecule has 3 aromatic rings. The number of hydrogen-bond acceptors (Lipinski definition) is 5. The molecule has 1 unspecified atom stereocenters. The van der Waals surface area contributed by atoms with Crippen molar-refractivity contribution in [2.75, 3.05) is 10.6 Å². The van der Waals surface area contributed by atoms with E-state index in [0.29, 0.717) is 22.4 Å². The van der Waals surface area contributed by atoms with Gasteiger partial charge in [-0.1, -0.05) is 18.5 Å². The van der Waals surface area contributed by atoms with Crippen LogP contribution in [-0.4, -0.2) is 27.8 Å². The first-order chi connectivity index (χ1) is 14.4. The van der Waals surface area contributed by atoms with E-state index in [0.717, 1.165) is 28.7 Å². The number of nitrogens with one attached hydrogen (secondary N) is 2. The Hall–Kier alpha value is -3.25. The standard InChI is InChI=1S/C23H22ClN5O/c1-4-19-13(2)11-21(26-19)28-23-18-10-9-17(25-14(3)30)12-20(18)27-22(29-23)15-5-7-16(24)8-6-15/h5-12,19H,4H2,1-3H3,(H,25,30)(H,26,27,28,29). The number of anilines is 2. The van der Waals surface area contributed by atoms with Crippen molar-refractivity contribution in [3.8, 4) is 11.4 Å². The van der Waals surface area contributed by atoms with Crippen LogP contribution in [-0.2, 0) is 4.79 Å². The van der Waals surface area contributed by atoms with E-state index in [4.69, 9.17) is 26.6 Å². The second-order valence-corrected chi connectivity index (χ2v) is 7.70. The van der Waals surface area contributed by atoms with Crippen molar-refractivity contribution in [3.05, 3.63) is 59.1 Å². The summed E-state index contributed by atoms with van der Waals surface area (Å²) in [5.74, 6) is 1.88.